The Hall–Kier alpha value is 1.91. The molecule has 0 aromatic rings. The normalized spacial score (nSPS) is 10.3. The summed E-state index contributed by atoms with van der Waals surface area (Å²) in [6.07, 6.45) is 16.8. The van der Waals surface area contributed by atoms with Gasteiger partial charge in [-0.2, -0.15) is 0 Å². The molecule has 0 saturated carbocycles. The van der Waals surface area contributed by atoms with Gasteiger partial charge in [-0.05, 0) is 0 Å². The average molecular weight is 486 g/mol. The number of rotatable bonds is 12. The topological polar surface area (TPSA) is 26.0 Å². The molecule has 0 amide bonds. The first kappa shape index (κ1) is 33.5. The van der Waals surface area contributed by atoms with E-state index in [1.54, 1.807) is 0 Å². The summed E-state index contributed by atoms with van der Waals surface area (Å²) >= 11 is 2.04. The molecule has 1 radical (unpaired) electrons. The first-order valence-electron chi connectivity index (χ1n) is 7.18. The molecule has 2 N–H and O–H groups in total. The van der Waals surface area contributed by atoms with Crippen molar-refractivity contribution < 1.29 is 0 Å². The molecular weight excluding hydrogens is 452 g/mol. The molecule has 20 heavy (non-hydrogen) atoms. The van der Waals surface area contributed by atoms with Gasteiger partial charge < -0.3 is 0 Å². The molecule has 0 aromatic heterocycles. The summed E-state index contributed by atoms with van der Waals surface area (Å²) in [7, 11) is 0. The zero-order chi connectivity index (χ0) is 12.1. The molecule has 0 aliphatic rings. The third-order valence-corrected chi connectivity index (χ3v) is 3.76. The van der Waals surface area contributed by atoms with Crippen LogP contribution in [0.4, 0.5) is 0 Å². The van der Waals surface area contributed by atoms with Crippen molar-refractivity contribution in [3.8, 4) is 0 Å². The fraction of sp³-hybridized carbons (Fsp3) is 1.00. The van der Waals surface area contributed by atoms with E-state index in [0.29, 0.717) is 4.09 Å². The van der Waals surface area contributed by atoms with Crippen LogP contribution in [0.1, 0.15) is 84.0 Å². The quantitative estimate of drug-likeness (QED) is 0.273. The molecule has 0 bridgehead atoms. The maximum absolute atomic E-state index is 5.72. The van der Waals surface area contributed by atoms with Gasteiger partial charge in [-0.25, -0.2) is 0 Å². The maximum atomic E-state index is 5.72. The second kappa shape index (κ2) is 29.0. The van der Waals surface area contributed by atoms with E-state index in [1.165, 1.54) is 77.0 Å². The first-order chi connectivity index (χ1) is 7.77. The second-order valence-electron chi connectivity index (χ2n) is 4.86. The SMILES string of the molecule is CCCCCCCCCCCCCC(N)[Te].Cl.Cl.Cl.Cl. The van der Waals surface area contributed by atoms with Crippen LogP contribution in [0.25, 0.3) is 0 Å². The molecule has 0 aromatic carbocycles. The zero-order valence-electron chi connectivity index (χ0n) is 12.7. The van der Waals surface area contributed by atoms with Crippen molar-refractivity contribution in [1.29, 1.82) is 0 Å². The summed E-state index contributed by atoms with van der Waals surface area (Å²) in [6, 6.07) is 0. The standard InChI is InChI=1S/C14H30NTe.4ClH/c1-2-3-4-5-6-7-8-9-10-11-12-13-14(15)16;;;;/h14H,2-13,15H2,1H3;4*1H. The Morgan fingerprint density at radius 3 is 1.25 bits per heavy atom. The van der Waals surface area contributed by atoms with Crippen LogP contribution >= 0.6 is 49.6 Å². The summed E-state index contributed by atoms with van der Waals surface area (Å²) in [5.74, 6) is 0. The molecule has 0 fully saturated rings. The number of unbranched alkanes of at least 4 members (excludes halogenated alkanes) is 10. The third kappa shape index (κ3) is 32.0. The van der Waals surface area contributed by atoms with Crippen molar-refractivity contribution in [2.45, 2.75) is 88.1 Å². The van der Waals surface area contributed by atoms with Gasteiger partial charge in [-0.3, -0.25) is 0 Å². The van der Waals surface area contributed by atoms with Crippen molar-refractivity contribution in [2.75, 3.05) is 0 Å². The number of halogens is 4. The monoisotopic (exact) mass is 486 g/mol. The first-order valence-corrected chi connectivity index (χ1v) is 8.53. The molecule has 0 aliphatic carbocycles. The Balaban J connectivity index is -0.000000187. The fourth-order valence-electron chi connectivity index (χ4n) is 2.01. The summed E-state index contributed by atoms with van der Waals surface area (Å²) < 4.78 is 0.411. The zero-order valence-corrected chi connectivity index (χ0v) is 18.3. The molecule has 129 valence electrons. The van der Waals surface area contributed by atoms with Gasteiger partial charge in [0.15, 0.2) is 0 Å². The molecule has 0 saturated heterocycles. The molecule has 1 nitrogen and oxygen atoms in total. The minimum atomic E-state index is 0. The molecule has 1 unspecified atom stereocenters. The molecule has 0 spiro atoms. The third-order valence-electron chi connectivity index (χ3n) is 3.09. The second-order valence-corrected chi connectivity index (χ2v) is 6.59. The van der Waals surface area contributed by atoms with Crippen molar-refractivity contribution in [3.63, 3.8) is 0 Å². The van der Waals surface area contributed by atoms with Crippen molar-refractivity contribution >= 4 is 71.9 Å². The van der Waals surface area contributed by atoms with E-state index >= 15 is 0 Å². The van der Waals surface area contributed by atoms with Gasteiger partial charge in [-0.15, -0.1) is 49.6 Å². The predicted octanol–water partition coefficient (Wildman–Crippen LogP) is 5.83. The van der Waals surface area contributed by atoms with E-state index in [1.807, 2.05) is 22.3 Å². The van der Waals surface area contributed by atoms with Gasteiger partial charge in [-0.1, -0.05) is 13.3 Å². The van der Waals surface area contributed by atoms with Gasteiger partial charge in [0.1, 0.15) is 0 Å². The molecule has 0 aliphatic heterocycles. The van der Waals surface area contributed by atoms with E-state index in [9.17, 15) is 0 Å². The maximum Gasteiger partial charge on any atom is -0.147 e. The fourth-order valence-corrected chi connectivity index (χ4v) is 2.49. The van der Waals surface area contributed by atoms with Crippen LogP contribution in [0.3, 0.4) is 0 Å². The number of nitrogens with two attached hydrogens (primary N) is 1. The van der Waals surface area contributed by atoms with E-state index in [-0.39, 0.29) is 49.6 Å². The molecule has 0 heterocycles. The van der Waals surface area contributed by atoms with E-state index in [2.05, 4.69) is 6.92 Å². The Bertz CT molecular complexity index is 140. The Morgan fingerprint density at radius 2 is 0.950 bits per heavy atom. The molecule has 1 atom stereocenters. The van der Waals surface area contributed by atoms with E-state index in [4.69, 9.17) is 5.73 Å². The van der Waals surface area contributed by atoms with Crippen LogP contribution in [0.5, 0.6) is 0 Å². The molecule has 0 rings (SSSR count). The Labute approximate surface area is 164 Å². The van der Waals surface area contributed by atoms with Crippen LogP contribution in [0, 0.1) is 0 Å². The summed E-state index contributed by atoms with van der Waals surface area (Å²) in [6.45, 7) is 2.28. The van der Waals surface area contributed by atoms with Crippen LogP contribution in [-0.4, -0.2) is 26.4 Å². The average Bonchev–Trinajstić information content (AvgIpc) is 2.25. The number of hydrogen-bond acceptors (Lipinski definition) is 1. The van der Waals surface area contributed by atoms with Gasteiger partial charge in [0.05, 0.1) is 0 Å². The predicted molar refractivity (Wildman–Crippen MR) is 104 cm³/mol. The van der Waals surface area contributed by atoms with E-state index in [0.717, 1.165) is 0 Å². The van der Waals surface area contributed by atoms with Crippen LogP contribution in [0.2, 0.25) is 0 Å². The van der Waals surface area contributed by atoms with E-state index < -0.39 is 0 Å². The van der Waals surface area contributed by atoms with Crippen LogP contribution < -0.4 is 5.73 Å². The van der Waals surface area contributed by atoms with Gasteiger partial charge in [0, 0.05) is 0 Å². The van der Waals surface area contributed by atoms with Crippen molar-refractivity contribution in [1.82, 2.24) is 0 Å². The van der Waals surface area contributed by atoms with Gasteiger partial charge in [0.2, 0.25) is 0 Å². The van der Waals surface area contributed by atoms with Crippen molar-refractivity contribution in [2.24, 2.45) is 5.73 Å². The van der Waals surface area contributed by atoms with Crippen molar-refractivity contribution in [3.05, 3.63) is 0 Å². The Kier molecular flexibility index (Phi) is 48.6. The minimum absolute atomic E-state index is 0. The molecular formula is C14H34Cl4NTe. The summed E-state index contributed by atoms with van der Waals surface area (Å²) in [4.78, 5) is 0. The largest absolute Gasteiger partial charge is 0.147 e. The van der Waals surface area contributed by atoms with Crippen LogP contribution in [0.15, 0.2) is 0 Å². The summed E-state index contributed by atoms with van der Waals surface area (Å²) in [5.41, 5.74) is 5.72. The smallest absolute Gasteiger partial charge is 0.147 e. The van der Waals surface area contributed by atoms with Gasteiger partial charge >= 0.3 is 103 Å². The minimum Gasteiger partial charge on any atom is -0.147 e. The number of hydrogen-bond donors (Lipinski definition) is 1. The summed E-state index contributed by atoms with van der Waals surface area (Å²) in [5, 5.41) is 0. The van der Waals surface area contributed by atoms with Crippen LogP contribution in [-0.2, 0) is 0 Å². The Morgan fingerprint density at radius 1 is 0.650 bits per heavy atom. The molecule has 6 heteroatoms. The van der Waals surface area contributed by atoms with Gasteiger partial charge in [0.25, 0.3) is 0 Å².